The Bertz CT molecular complexity index is 1310. The lowest BCUT2D eigenvalue weighted by Crippen LogP contribution is -1.91. The number of rotatable bonds is 6. The van der Waals surface area contributed by atoms with Gasteiger partial charge in [0.05, 0.1) is 11.4 Å². The van der Waals surface area contributed by atoms with Crippen LogP contribution in [-0.2, 0) is 12.8 Å². The zero-order valence-corrected chi connectivity index (χ0v) is 20.1. The van der Waals surface area contributed by atoms with Crippen LogP contribution in [0.25, 0.3) is 10.8 Å². The molecule has 0 radical (unpaired) electrons. The van der Waals surface area contributed by atoms with Gasteiger partial charge in [-0.2, -0.15) is 0 Å². The molecule has 0 unspecified atom stereocenters. The van der Waals surface area contributed by atoms with Crippen molar-refractivity contribution < 1.29 is 10.2 Å². The molecule has 0 atom stereocenters. The van der Waals surface area contributed by atoms with E-state index in [9.17, 15) is 10.2 Å². The van der Waals surface area contributed by atoms with Crippen LogP contribution in [0.5, 0.6) is 11.5 Å². The van der Waals surface area contributed by atoms with Gasteiger partial charge in [0.15, 0.2) is 0 Å². The molecule has 0 aromatic heterocycles. The molecule has 0 spiro atoms. The van der Waals surface area contributed by atoms with Crippen LogP contribution in [0, 0.1) is 13.8 Å². The van der Waals surface area contributed by atoms with E-state index in [1.54, 1.807) is 12.4 Å². The highest BCUT2D eigenvalue weighted by Crippen LogP contribution is 2.34. The first kappa shape index (κ1) is 23.2. The van der Waals surface area contributed by atoms with Crippen LogP contribution in [0.3, 0.4) is 0 Å². The van der Waals surface area contributed by atoms with Crippen molar-refractivity contribution in [1.29, 1.82) is 0 Å². The lowest BCUT2D eigenvalue weighted by molar-refractivity contribution is 0.469. The van der Waals surface area contributed by atoms with E-state index < -0.39 is 0 Å². The van der Waals surface area contributed by atoms with Gasteiger partial charge >= 0.3 is 0 Å². The topological polar surface area (TPSA) is 65.2 Å². The van der Waals surface area contributed by atoms with E-state index in [4.69, 9.17) is 9.98 Å². The summed E-state index contributed by atoms with van der Waals surface area (Å²) in [5.74, 6) is 0.479. The molecule has 34 heavy (non-hydrogen) atoms. The Labute approximate surface area is 201 Å². The molecule has 0 saturated carbocycles. The van der Waals surface area contributed by atoms with Crippen LogP contribution in [-0.4, -0.2) is 22.6 Å². The molecule has 0 fully saturated rings. The Morgan fingerprint density at radius 3 is 1.44 bits per heavy atom. The predicted octanol–water partition coefficient (Wildman–Crippen LogP) is 7.49. The fraction of sp³-hybridized carbons (Fsp3) is 0.200. The molecule has 4 aromatic carbocycles. The molecule has 4 aromatic rings. The predicted molar refractivity (Wildman–Crippen MR) is 143 cm³/mol. The highest BCUT2D eigenvalue weighted by Gasteiger charge is 2.08. The molecule has 0 aliphatic carbocycles. The Kier molecular flexibility index (Phi) is 6.78. The number of benzene rings is 4. The fourth-order valence-corrected chi connectivity index (χ4v) is 4.07. The minimum atomic E-state index is 0.239. The van der Waals surface area contributed by atoms with E-state index in [2.05, 4.69) is 13.8 Å². The van der Waals surface area contributed by atoms with Gasteiger partial charge in [-0.25, -0.2) is 0 Å². The molecule has 4 nitrogen and oxygen atoms in total. The molecular weight excluding hydrogens is 420 g/mol. The molecule has 4 rings (SSSR count). The number of hydrogen-bond acceptors (Lipinski definition) is 4. The van der Waals surface area contributed by atoms with E-state index in [0.717, 1.165) is 45.9 Å². The number of aryl methyl sites for hydroxylation is 4. The Morgan fingerprint density at radius 1 is 0.647 bits per heavy atom. The Morgan fingerprint density at radius 2 is 1.06 bits per heavy atom. The normalized spacial score (nSPS) is 11.8. The van der Waals surface area contributed by atoms with Crippen molar-refractivity contribution in [2.24, 2.45) is 9.98 Å². The van der Waals surface area contributed by atoms with Crippen LogP contribution in [0.1, 0.15) is 47.2 Å². The van der Waals surface area contributed by atoms with E-state index in [1.165, 1.54) is 0 Å². The van der Waals surface area contributed by atoms with E-state index in [-0.39, 0.29) is 11.5 Å². The second-order valence-corrected chi connectivity index (χ2v) is 8.61. The first-order valence-corrected chi connectivity index (χ1v) is 11.7. The number of phenols is 2. The van der Waals surface area contributed by atoms with E-state index in [0.29, 0.717) is 22.5 Å². The first-order chi connectivity index (χ1) is 16.4. The summed E-state index contributed by atoms with van der Waals surface area (Å²) in [4.78, 5) is 9.46. The lowest BCUT2D eigenvalue weighted by Gasteiger charge is -2.08. The smallest absolute Gasteiger partial charge is 0.127 e. The lowest BCUT2D eigenvalue weighted by atomic mass is 10.0. The Hall–Kier alpha value is -3.92. The maximum atomic E-state index is 10.5. The maximum Gasteiger partial charge on any atom is 0.127 e. The molecule has 0 bridgehead atoms. The summed E-state index contributed by atoms with van der Waals surface area (Å²) in [6.45, 7) is 7.98. The number of aromatic hydroxyl groups is 2. The fourth-order valence-electron chi connectivity index (χ4n) is 4.07. The zero-order valence-electron chi connectivity index (χ0n) is 20.1. The summed E-state index contributed by atoms with van der Waals surface area (Å²) in [5, 5.41) is 23.2. The average molecular weight is 451 g/mol. The van der Waals surface area contributed by atoms with Gasteiger partial charge < -0.3 is 10.2 Å². The molecule has 0 heterocycles. The second-order valence-electron chi connectivity index (χ2n) is 8.61. The molecular formula is C30H30N2O2. The van der Waals surface area contributed by atoms with Crippen molar-refractivity contribution in [1.82, 2.24) is 0 Å². The van der Waals surface area contributed by atoms with E-state index in [1.807, 2.05) is 74.5 Å². The molecule has 0 aliphatic heterocycles. The van der Waals surface area contributed by atoms with Crippen LogP contribution in [0.4, 0.5) is 11.4 Å². The van der Waals surface area contributed by atoms with Crippen molar-refractivity contribution in [3.05, 3.63) is 94.0 Å². The van der Waals surface area contributed by atoms with Crippen LogP contribution < -0.4 is 0 Å². The molecule has 0 amide bonds. The van der Waals surface area contributed by atoms with Crippen molar-refractivity contribution in [3.63, 3.8) is 0 Å². The maximum absolute atomic E-state index is 10.5. The summed E-state index contributed by atoms with van der Waals surface area (Å²) in [6.07, 6.45) is 5.16. The number of fused-ring (bicyclic) bond motifs is 1. The van der Waals surface area contributed by atoms with Crippen molar-refractivity contribution in [2.45, 2.75) is 40.5 Å². The van der Waals surface area contributed by atoms with Crippen LogP contribution in [0.15, 0.2) is 70.6 Å². The zero-order chi connectivity index (χ0) is 24.2. The average Bonchev–Trinajstić information content (AvgIpc) is 2.85. The van der Waals surface area contributed by atoms with E-state index >= 15 is 0 Å². The highest BCUT2D eigenvalue weighted by atomic mass is 16.3. The van der Waals surface area contributed by atoms with Gasteiger partial charge in [-0.15, -0.1) is 0 Å². The monoisotopic (exact) mass is 450 g/mol. The third kappa shape index (κ3) is 4.86. The summed E-state index contributed by atoms with van der Waals surface area (Å²) < 4.78 is 0. The third-order valence-corrected chi connectivity index (χ3v) is 6.12. The van der Waals surface area contributed by atoms with Crippen LogP contribution in [0.2, 0.25) is 0 Å². The summed E-state index contributed by atoms with van der Waals surface area (Å²) in [7, 11) is 0. The number of hydrogen-bond donors (Lipinski definition) is 2. The van der Waals surface area contributed by atoms with Gasteiger partial charge in [-0.3, -0.25) is 9.98 Å². The summed E-state index contributed by atoms with van der Waals surface area (Å²) >= 11 is 0. The first-order valence-electron chi connectivity index (χ1n) is 11.7. The molecule has 0 saturated heterocycles. The number of aliphatic imine (C=N–C) groups is 2. The van der Waals surface area contributed by atoms with Gasteiger partial charge in [-0.1, -0.05) is 50.2 Å². The molecule has 0 aliphatic rings. The van der Waals surface area contributed by atoms with Gasteiger partial charge in [0.1, 0.15) is 11.5 Å². The quantitative estimate of drug-likeness (QED) is 0.299. The van der Waals surface area contributed by atoms with Gasteiger partial charge in [0.2, 0.25) is 0 Å². The van der Waals surface area contributed by atoms with Gasteiger partial charge in [0.25, 0.3) is 0 Å². The van der Waals surface area contributed by atoms with Crippen molar-refractivity contribution in [2.75, 3.05) is 0 Å². The van der Waals surface area contributed by atoms with Crippen molar-refractivity contribution >= 4 is 34.6 Å². The largest absolute Gasteiger partial charge is 0.507 e. The van der Waals surface area contributed by atoms with Gasteiger partial charge in [-0.05, 0) is 84.0 Å². The van der Waals surface area contributed by atoms with Crippen molar-refractivity contribution in [3.8, 4) is 11.5 Å². The third-order valence-electron chi connectivity index (χ3n) is 6.12. The summed E-state index contributed by atoms with van der Waals surface area (Å²) in [5.41, 5.74) is 6.71. The van der Waals surface area contributed by atoms with Gasteiger partial charge in [0, 0.05) is 23.6 Å². The minimum absolute atomic E-state index is 0.239. The minimum Gasteiger partial charge on any atom is -0.507 e. The highest BCUT2D eigenvalue weighted by molar-refractivity contribution is 5.95. The molecule has 172 valence electrons. The van der Waals surface area contributed by atoms with Crippen LogP contribution >= 0.6 is 0 Å². The Balaban J connectivity index is 1.81. The standard InChI is InChI=1S/C30H30N2O2/c1-5-21-11-19(3)29(33)25(13-21)17-31-27-15-23-9-7-8-10-24(23)16-28(27)32-18-26-14-22(6-2)12-20(4)30(26)34/h7-18,33-34H,5-6H2,1-4H3. The molecule has 4 heteroatoms. The second kappa shape index (κ2) is 9.92. The SMILES string of the molecule is CCc1cc(C)c(O)c(C=Nc2cc3ccccc3cc2N=Cc2cc(CC)cc(C)c2O)c1. The number of nitrogens with zero attached hydrogens (tertiary/aromatic N) is 2. The summed E-state index contributed by atoms with van der Waals surface area (Å²) in [6, 6.07) is 20.0. The molecule has 2 N–H and O–H groups in total. The number of phenolic OH excluding ortho intramolecular Hbond substituents is 2.